The Morgan fingerprint density at radius 2 is 0.852 bits per heavy atom. The van der Waals surface area contributed by atoms with E-state index < -0.39 is 59.2 Å². The fourth-order valence-electron chi connectivity index (χ4n) is 5.33. The van der Waals surface area contributed by atoms with Crippen LogP contribution in [0, 0.1) is 13.8 Å². The van der Waals surface area contributed by atoms with Crippen molar-refractivity contribution in [2.45, 2.75) is 38.8 Å². The zero-order valence-corrected chi connectivity index (χ0v) is 29.9. The molecule has 0 spiro atoms. The van der Waals surface area contributed by atoms with Crippen molar-refractivity contribution in [2.24, 2.45) is 0 Å². The van der Waals surface area contributed by atoms with Crippen LogP contribution in [0.3, 0.4) is 0 Å². The highest BCUT2D eigenvalue weighted by atomic mass is 16.5. The van der Waals surface area contributed by atoms with Gasteiger partial charge in [-0.05, 0) is 49.2 Å². The van der Waals surface area contributed by atoms with Gasteiger partial charge in [-0.15, -0.1) is 0 Å². The lowest BCUT2D eigenvalue weighted by molar-refractivity contribution is -0.145. The van der Waals surface area contributed by atoms with E-state index in [1.54, 1.807) is 74.5 Å². The van der Waals surface area contributed by atoms with Crippen LogP contribution in [-0.2, 0) is 51.1 Å². The van der Waals surface area contributed by atoms with E-state index in [1.165, 1.54) is 36.4 Å². The van der Waals surface area contributed by atoms with E-state index in [9.17, 15) is 38.4 Å². The van der Waals surface area contributed by atoms with Crippen molar-refractivity contribution in [1.82, 2.24) is 10.6 Å². The fourth-order valence-corrected chi connectivity index (χ4v) is 5.33. The maximum Gasteiger partial charge on any atom is 0.328 e. The first-order chi connectivity index (χ1) is 25.8. The normalized spacial score (nSPS) is 11.6. The molecule has 54 heavy (non-hydrogen) atoms. The summed E-state index contributed by atoms with van der Waals surface area (Å²) in [6.07, 6.45) is 0.0731. The van der Waals surface area contributed by atoms with Gasteiger partial charge < -0.3 is 30.7 Å². The van der Waals surface area contributed by atoms with Crippen LogP contribution in [0.2, 0.25) is 0 Å². The fraction of sp³-hybridized carbons (Fsp3) is 0.200. The molecule has 0 saturated carbocycles. The molecular formula is C40H38N4O10. The molecule has 0 bridgehead atoms. The molecule has 2 atom stereocenters. The third-order valence-electron chi connectivity index (χ3n) is 8.10. The zero-order valence-electron chi connectivity index (χ0n) is 29.9. The molecule has 0 saturated heterocycles. The van der Waals surface area contributed by atoms with Crippen LogP contribution in [0.5, 0.6) is 0 Å². The molecule has 4 amide bonds. The number of hydrogen-bond acceptors (Lipinski definition) is 10. The summed E-state index contributed by atoms with van der Waals surface area (Å²) in [7, 11) is 2.29. The zero-order chi connectivity index (χ0) is 39.4. The van der Waals surface area contributed by atoms with Crippen LogP contribution >= 0.6 is 0 Å². The number of aryl methyl sites for hydroxylation is 2. The van der Waals surface area contributed by atoms with Crippen LogP contribution in [0.25, 0.3) is 0 Å². The summed E-state index contributed by atoms with van der Waals surface area (Å²) in [5.41, 5.74) is 1.57. The number of carbonyl (C=O) groups excluding carboxylic acids is 8. The second-order valence-corrected chi connectivity index (χ2v) is 12.1. The Hall–Kier alpha value is -6.96. The number of hydrogen-bond donors (Lipinski definition) is 4. The highest BCUT2D eigenvalue weighted by Crippen LogP contribution is 2.21. The second-order valence-electron chi connectivity index (χ2n) is 12.1. The van der Waals surface area contributed by atoms with Gasteiger partial charge in [0, 0.05) is 12.8 Å². The van der Waals surface area contributed by atoms with Crippen molar-refractivity contribution in [1.29, 1.82) is 0 Å². The quantitative estimate of drug-likeness (QED) is 0.0847. The number of rotatable bonds is 14. The molecule has 0 aromatic heterocycles. The summed E-state index contributed by atoms with van der Waals surface area (Å²) in [5.74, 6) is -8.65. The minimum atomic E-state index is -1.28. The molecule has 4 aromatic carbocycles. The molecule has 0 aliphatic heterocycles. The summed E-state index contributed by atoms with van der Waals surface area (Å²) < 4.78 is 9.62. The van der Waals surface area contributed by atoms with Crippen LogP contribution in [0.1, 0.15) is 43.0 Å². The SMILES string of the molecule is COC(=O)[C@H](Cc1ccccc1)NC(=O)C(=O)c1cc(C)ccc1NC(=O)C(=O)Nc1ccc(C)cc1C(=O)C(=O)N[C@@H](Cc1ccccc1)C(=O)OC. The Morgan fingerprint density at radius 1 is 0.500 bits per heavy atom. The molecule has 0 heterocycles. The van der Waals surface area contributed by atoms with Crippen molar-refractivity contribution in [3.05, 3.63) is 130 Å². The van der Waals surface area contributed by atoms with Crippen molar-refractivity contribution in [3.63, 3.8) is 0 Å². The van der Waals surface area contributed by atoms with Gasteiger partial charge in [0.1, 0.15) is 12.1 Å². The van der Waals surface area contributed by atoms with Gasteiger partial charge in [0.25, 0.3) is 23.4 Å². The molecule has 4 aromatic rings. The summed E-state index contributed by atoms with van der Waals surface area (Å²) in [6, 6.07) is 23.5. The monoisotopic (exact) mass is 734 g/mol. The Labute approximate surface area is 310 Å². The number of nitrogens with one attached hydrogen (secondary N) is 4. The predicted molar refractivity (Wildman–Crippen MR) is 196 cm³/mol. The lowest BCUT2D eigenvalue weighted by atomic mass is 10.0. The molecule has 0 fully saturated rings. The summed E-state index contributed by atoms with van der Waals surface area (Å²) in [6.45, 7) is 3.28. The highest BCUT2D eigenvalue weighted by Gasteiger charge is 2.30. The standard InChI is InChI=1S/C40H38N4O10/c1-23-15-17-29(27(19-23)33(45)35(47)43-31(39(51)53-3)21-25-11-7-5-8-12-25)41-37(49)38(50)42-30-18-16-24(2)20-28(30)34(46)36(48)44-32(40(52)54-4)22-26-13-9-6-10-14-26/h5-20,31-32H,21-22H2,1-4H3,(H,41,49)(H,42,50)(H,43,47)(H,44,48)/t31-,32-/m0/s1. The first kappa shape index (κ1) is 39.8. The van der Waals surface area contributed by atoms with Gasteiger partial charge in [-0.3, -0.25) is 28.8 Å². The summed E-state index contributed by atoms with van der Waals surface area (Å²) in [4.78, 5) is 104. The maximum absolute atomic E-state index is 13.4. The molecule has 4 rings (SSSR count). The minimum Gasteiger partial charge on any atom is -0.467 e. The van der Waals surface area contributed by atoms with Crippen LogP contribution in [0.15, 0.2) is 97.1 Å². The van der Waals surface area contributed by atoms with E-state index in [2.05, 4.69) is 21.3 Å². The van der Waals surface area contributed by atoms with Crippen molar-refractivity contribution in [2.75, 3.05) is 24.9 Å². The van der Waals surface area contributed by atoms with E-state index in [0.29, 0.717) is 22.3 Å². The number of benzene rings is 4. The van der Waals surface area contributed by atoms with E-state index in [-0.39, 0.29) is 35.3 Å². The number of methoxy groups -OCH3 is 2. The van der Waals surface area contributed by atoms with Gasteiger partial charge in [0.15, 0.2) is 0 Å². The highest BCUT2D eigenvalue weighted by molar-refractivity contribution is 6.48. The van der Waals surface area contributed by atoms with E-state index >= 15 is 0 Å². The van der Waals surface area contributed by atoms with Gasteiger partial charge in [0.2, 0.25) is 0 Å². The van der Waals surface area contributed by atoms with Gasteiger partial charge in [-0.2, -0.15) is 0 Å². The predicted octanol–water partition coefficient (Wildman–Crippen LogP) is 3.05. The number of ketones is 2. The lowest BCUT2D eigenvalue weighted by Crippen LogP contribution is -2.46. The summed E-state index contributed by atoms with van der Waals surface area (Å²) >= 11 is 0. The number of carbonyl (C=O) groups is 8. The molecule has 278 valence electrons. The van der Waals surface area contributed by atoms with E-state index in [4.69, 9.17) is 9.47 Å². The number of amides is 4. The molecule has 4 N–H and O–H groups in total. The number of ether oxygens (including phenoxy) is 2. The third kappa shape index (κ3) is 10.5. The smallest absolute Gasteiger partial charge is 0.328 e. The Morgan fingerprint density at radius 3 is 1.19 bits per heavy atom. The Bertz CT molecular complexity index is 1930. The maximum atomic E-state index is 13.4. The van der Waals surface area contributed by atoms with Crippen molar-refractivity contribution in [3.8, 4) is 0 Å². The van der Waals surface area contributed by atoms with Gasteiger partial charge in [0.05, 0.1) is 36.7 Å². The number of anilines is 2. The first-order valence-electron chi connectivity index (χ1n) is 16.6. The molecule has 14 nitrogen and oxygen atoms in total. The average Bonchev–Trinajstić information content (AvgIpc) is 3.18. The van der Waals surface area contributed by atoms with Crippen LogP contribution in [-0.4, -0.2) is 73.4 Å². The molecule has 0 aliphatic carbocycles. The van der Waals surface area contributed by atoms with Gasteiger partial charge >= 0.3 is 23.8 Å². The topological polar surface area (TPSA) is 203 Å². The Kier molecular flexibility index (Phi) is 13.6. The third-order valence-corrected chi connectivity index (χ3v) is 8.10. The van der Waals surface area contributed by atoms with E-state index in [1.807, 2.05) is 0 Å². The molecule has 0 unspecified atom stereocenters. The van der Waals surface area contributed by atoms with Gasteiger partial charge in [-0.25, -0.2) is 9.59 Å². The molecule has 0 radical (unpaired) electrons. The molecular weight excluding hydrogens is 696 g/mol. The molecule has 14 heteroatoms. The van der Waals surface area contributed by atoms with E-state index in [0.717, 1.165) is 14.2 Å². The van der Waals surface area contributed by atoms with Gasteiger partial charge in [-0.1, -0.05) is 83.9 Å². The number of Topliss-reactive ketones (excluding diaryl/α,β-unsaturated/α-hetero) is 2. The first-order valence-corrected chi connectivity index (χ1v) is 16.6. The average molecular weight is 735 g/mol. The largest absolute Gasteiger partial charge is 0.467 e. The Balaban J connectivity index is 1.49. The van der Waals surface area contributed by atoms with Crippen LogP contribution < -0.4 is 21.3 Å². The van der Waals surface area contributed by atoms with Crippen molar-refractivity contribution < 1.29 is 47.8 Å². The molecule has 0 aliphatic rings. The summed E-state index contributed by atoms with van der Waals surface area (Å²) in [5, 5.41) is 9.40. The number of esters is 2. The minimum absolute atomic E-state index is 0.0365. The van der Waals surface area contributed by atoms with Crippen molar-refractivity contribution >= 4 is 58.5 Å². The second kappa shape index (κ2) is 18.5. The lowest BCUT2D eigenvalue weighted by Gasteiger charge is -2.17. The van der Waals surface area contributed by atoms with Crippen LogP contribution in [0.4, 0.5) is 11.4 Å².